The molecule has 7 heteroatoms. The zero-order valence-electron chi connectivity index (χ0n) is 14.4. The number of hydrogen-bond acceptors (Lipinski definition) is 3. The standard InChI is InChI=1S/C18H22IO5P/c1-11(2)15-10-14(4-5-17(15)20)24-18-12(3)8-13(9-16(18)19)6-7-25(21,22)23/h4-5,8-11,20H,6-7H2,1-3H3,(H2,21,22,23). The van der Waals surface area contributed by atoms with Crippen LogP contribution in [0.1, 0.15) is 36.5 Å². The molecule has 0 saturated carbocycles. The molecule has 0 unspecified atom stereocenters. The average molecular weight is 476 g/mol. The summed E-state index contributed by atoms with van der Waals surface area (Å²) in [6.07, 6.45) is 0.149. The minimum absolute atomic E-state index is 0.168. The number of aryl methyl sites for hydroxylation is 2. The minimum atomic E-state index is -4.01. The molecular formula is C18H22IO5P. The highest BCUT2D eigenvalue weighted by atomic mass is 127. The predicted molar refractivity (Wildman–Crippen MR) is 107 cm³/mol. The van der Waals surface area contributed by atoms with Gasteiger partial charge in [-0.05, 0) is 77.2 Å². The average Bonchev–Trinajstić information content (AvgIpc) is 2.49. The maximum atomic E-state index is 11.0. The molecule has 0 heterocycles. The Kier molecular flexibility index (Phi) is 6.54. The molecule has 25 heavy (non-hydrogen) atoms. The SMILES string of the molecule is Cc1cc(CCP(=O)(O)O)cc(I)c1Oc1ccc(O)c(C(C)C)c1. The van der Waals surface area contributed by atoms with E-state index in [0.29, 0.717) is 17.9 Å². The molecule has 2 aromatic carbocycles. The number of benzene rings is 2. The van der Waals surface area contributed by atoms with Crippen LogP contribution in [0.4, 0.5) is 0 Å². The van der Waals surface area contributed by atoms with Crippen LogP contribution in [0.3, 0.4) is 0 Å². The summed E-state index contributed by atoms with van der Waals surface area (Å²) >= 11 is 2.16. The van der Waals surface area contributed by atoms with Gasteiger partial charge >= 0.3 is 7.60 Å². The van der Waals surface area contributed by atoms with E-state index in [9.17, 15) is 9.67 Å². The van der Waals surface area contributed by atoms with Crippen molar-refractivity contribution in [3.05, 3.63) is 50.6 Å². The largest absolute Gasteiger partial charge is 0.508 e. The fourth-order valence-corrected chi connectivity index (χ4v) is 4.01. The second-order valence-electron chi connectivity index (χ2n) is 6.34. The number of ether oxygens (including phenoxy) is 1. The van der Waals surface area contributed by atoms with Crippen molar-refractivity contribution in [2.24, 2.45) is 0 Å². The van der Waals surface area contributed by atoms with Gasteiger partial charge in [-0.1, -0.05) is 19.9 Å². The fraction of sp³-hybridized carbons (Fsp3) is 0.333. The molecule has 0 fully saturated rings. The highest BCUT2D eigenvalue weighted by molar-refractivity contribution is 14.1. The Hall–Kier alpha value is -1.08. The number of hydrogen-bond donors (Lipinski definition) is 3. The van der Waals surface area contributed by atoms with E-state index >= 15 is 0 Å². The first-order valence-electron chi connectivity index (χ1n) is 7.91. The molecule has 5 nitrogen and oxygen atoms in total. The molecule has 0 spiro atoms. The van der Waals surface area contributed by atoms with Crippen molar-refractivity contribution in [3.8, 4) is 17.2 Å². The van der Waals surface area contributed by atoms with Crippen molar-refractivity contribution in [2.45, 2.75) is 33.1 Å². The zero-order chi connectivity index (χ0) is 18.8. The van der Waals surface area contributed by atoms with Crippen LogP contribution in [0.5, 0.6) is 17.2 Å². The van der Waals surface area contributed by atoms with Gasteiger partial charge in [0.2, 0.25) is 0 Å². The number of halogens is 1. The van der Waals surface area contributed by atoms with Crippen LogP contribution in [0, 0.1) is 10.5 Å². The van der Waals surface area contributed by atoms with Gasteiger partial charge in [-0.3, -0.25) is 4.57 Å². The monoisotopic (exact) mass is 476 g/mol. The third kappa shape index (κ3) is 5.71. The van der Waals surface area contributed by atoms with Crippen LogP contribution >= 0.6 is 30.2 Å². The van der Waals surface area contributed by atoms with Crippen LogP contribution in [0.2, 0.25) is 0 Å². The van der Waals surface area contributed by atoms with Crippen molar-refractivity contribution in [1.82, 2.24) is 0 Å². The third-order valence-corrected chi connectivity index (χ3v) is 5.43. The van der Waals surface area contributed by atoms with E-state index in [1.54, 1.807) is 12.1 Å². The first kappa shape index (κ1) is 20.2. The highest BCUT2D eigenvalue weighted by Crippen LogP contribution is 2.37. The van der Waals surface area contributed by atoms with E-state index in [-0.39, 0.29) is 17.8 Å². The molecule has 0 bridgehead atoms. The normalized spacial score (nSPS) is 11.8. The smallest absolute Gasteiger partial charge is 0.325 e. The topological polar surface area (TPSA) is 87.0 Å². The van der Waals surface area contributed by atoms with Crippen molar-refractivity contribution in [1.29, 1.82) is 0 Å². The highest BCUT2D eigenvalue weighted by Gasteiger charge is 2.15. The number of rotatable bonds is 6. The van der Waals surface area contributed by atoms with Gasteiger partial charge in [0.15, 0.2) is 0 Å². The first-order chi connectivity index (χ1) is 11.6. The summed E-state index contributed by atoms with van der Waals surface area (Å²) in [6, 6.07) is 8.94. The quantitative estimate of drug-likeness (QED) is 0.406. The summed E-state index contributed by atoms with van der Waals surface area (Å²) in [5, 5.41) is 9.92. The minimum Gasteiger partial charge on any atom is -0.508 e. The summed E-state index contributed by atoms with van der Waals surface area (Å²) in [4.78, 5) is 18.0. The Morgan fingerprint density at radius 3 is 2.44 bits per heavy atom. The molecule has 0 saturated heterocycles. The second kappa shape index (κ2) is 8.08. The number of phenols is 1. The molecule has 0 aromatic heterocycles. The van der Waals surface area contributed by atoms with Gasteiger partial charge in [0.05, 0.1) is 9.73 Å². The summed E-state index contributed by atoms with van der Waals surface area (Å²) in [6.45, 7) is 5.91. The van der Waals surface area contributed by atoms with E-state index in [1.165, 1.54) is 0 Å². The maximum Gasteiger partial charge on any atom is 0.325 e. The molecule has 3 N–H and O–H groups in total. The lowest BCUT2D eigenvalue weighted by molar-refractivity contribution is 0.373. The molecule has 0 atom stereocenters. The molecule has 0 aliphatic carbocycles. The number of phenolic OH excluding ortho intramolecular Hbond substituents is 1. The molecule has 0 amide bonds. The predicted octanol–water partition coefficient (Wildman–Crippen LogP) is 4.94. The van der Waals surface area contributed by atoms with Crippen LogP contribution < -0.4 is 4.74 Å². The lowest BCUT2D eigenvalue weighted by Gasteiger charge is -2.15. The molecule has 2 rings (SSSR count). The Bertz CT molecular complexity index is 790. The molecular weight excluding hydrogens is 454 g/mol. The second-order valence-corrected chi connectivity index (χ2v) is 9.28. The Balaban J connectivity index is 2.26. The zero-order valence-corrected chi connectivity index (χ0v) is 17.4. The maximum absolute atomic E-state index is 11.0. The van der Waals surface area contributed by atoms with E-state index in [0.717, 1.165) is 20.3 Å². The van der Waals surface area contributed by atoms with Crippen LogP contribution in [0.25, 0.3) is 0 Å². The van der Waals surface area contributed by atoms with Gasteiger partial charge in [0.1, 0.15) is 17.2 Å². The lowest BCUT2D eigenvalue weighted by atomic mass is 10.0. The summed E-state index contributed by atoms with van der Waals surface area (Å²) in [5.74, 6) is 1.78. The first-order valence-corrected chi connectivity index (χ1v) is 10.8. The van der Waals surface area contributed by atoms with Gasteiger partial charge < -0.3 is 19.6 Å². The molecule has 136 valence electrons. The molecule has 2 aromatic rings. The van der Waals surface area contributed by atoms with Gasteiger partial charge in [-0.15, -0.1) is 0 Å². The van der Waals surface area contributed by atoms with Crippen LogP contribution in [-0.4, -0.2) is 21.1 Å². The van der Waals surface area contributed by atoms with Gasteiger partial charge in [-0.25, -0.2) is 0 Å². The molecule has 0 aliphatic rings. The fourth-order valence-electron chi connectivity index (χ4n) is 2.53. The van der Waals surface area contributed by atoms with E-state index < -0.39 is 7.60 Å². The van der Waals surface area contributed by atoms with Crippen molar-refractivity contribution in [2.75, 3.05) is 6.16 Å². The molecule has 0 radical (unpaired) electrons. The van der Waals surface area contributed by atoms with Crippen LogP contribution in [0.15, 0.2) is 30.3 Å². The van der Waals surface area contributed by atoms with E-state index in [1.807, 2.05) is 39.0 Å². The van der Waals surface area contributed by atoms with Crippen LogP contribution in [-0.2, 0) is 11.0 Å². The Morgan fingerprint density at radius 2 is 1.88 bits per heavy atom. The van der Waals surface area contributed by atoms with E-state index in [2.05, 4.69) is 22.6 Å². The van der Waals surface area contributed by atoms with Crippen molar-refractivity contribution in [3.63, 3.8) is 0 Å². The summed E-state index contributed by atoms with van der Waals surface area (Å²) in [5.41, 5.74) is 2.58. The van der Waals surface area contributed by atoms with Crippen molar-refractivity contribution < 1.29 is 24.2 Å². The Morgan fingerprint density at radius 1 is 1.20 bits per heavy atom. The van der Waals surface area contributed by atoms with Gasteiger partial charge in [0, 0.05) is 5.56 Å². The Labute approximate surface area is 161 Å². The number of aromatic hydroxyl groups is 1. The third-order valence-electron chi connectivity index (χ3n) is 3.82. The summed E-state index contributed by atoms with van der Waals surface area (Å²) < 4.78 is 17.9. The summed E-state index contributed by atoms with van der Waals surface area (Å²) in [7, 11) is -4.01. The lowest BCUT2D eigenvalue weighted by Crippen LogP contribution is -1.98. The van der Waals surface area contributed by atoms with Gasteiger partial charge in [0.25, 0.3) is 0 Å². The van der Waals surface area contributed by atoms with E-state index in [4.69, 9.17) is 14.5 Å². The van der Waals surface area contributed by atoms with Crippen molar-refractivity contribution >= 4 is 30.2 Å². The molecule has 0 aliphatic heterocycles. The van der Waals surface area contributed by atoms with Gasteiger partial charge in [-0.2, -0.15) is 0 Å².